The lowest BCUT2D eigenvalue weighted by molar-refractivity contribution is -0.119. The molecule has 0 saturated heterocycles. The molecule has 0 fully saturated rings. The Morgan fingerprint density at radius 3 is 2.08 bits per heavy atom. The van der Waals surface area contributed by atoms with E-state index < -0.39 is 0 Å². The van der Waals surface area contributed by atoms with Crippen LogP contribution >= 0.6 is 0 Å². The minimum Gasteiger partial charge on any atom is -0.326 e. The van der Waals surface area contributed by atoms with Gasteiger partial charge in [0.05, 0.1) is 0 Å². The molecule has 0 bridgehead atoms. The fourth-order valence-corrected chi connectivity index (χ4v) is 2.31. The van der Waals surface area contributed by atoms with Crippen LogP contribution in [-0.4, -0.2) is 11.8 Å². The molecule has 0 unspecified atom stereocenters. The van der Waals surface area contributed by atoms with Crippen LogP contribution in [0.4, 0.5) is 11.4 Å². The molecule has 0 radical (unpaired) electrons. The van der Waals surface area contributed by atoms with E-state index in [-0.39, 0.29) is 17.7 Å². The van der Waals surface area contributed by atoms with Gasteiger partial charge in [0, 0.05) is 23.4 Å². The van der Waals surface area contributed by atoms with Crippen molar-refractivity contribution >= 4 is 29.3 Å². The summed E-state index contributed by atoms with van der Waals surface area (Å²) in [6, 6.07) is 15.3. The van der Waals surface area contributed by atoms with E-state index in [2.05, 4.69) is 36.6 Å². The van der Waals surface area contributed by atoms with Crippen LogP contribution in [0.15, 0.2) is 54.6 Å². The summed E-state index contributed by atoms with van der Waals surface area (Å²) in [6.07, 6.45) is 3.29. The van der Waals surface area contributed by atoms with Gasteiger partial charge in [-0.15, -0.1) is 0 Å². The van der Waals surface area contributed by atoms with Crippen LogP contribution in [-0.2, 0) is 9.59 Å². The highest BCUT2D eigenvalue weighted by Gasteiger charge is 2.07. The third-order valence-electron chi connectivity index (χ3n) is 3.95. The van der Waals surface area contributed by atoms with E-state index in [0.717, 1.165) is 5.56 Å². The highest BCUT2D eigenvalue weighted by atomic mass is 16.2. The van der Waals surface area contributed by atoms with Crippen molar-refractivity contribution in [1.29, 1.82) is 0 Å². The second-order valence-electron chi connectivity index (χ2n) is 6.87. The van der Waals surface area contributed by atoms with Gasteiger partial charge in [-0.2, -0.15) is 0 Å². The van der Waals surface area contributed by atoms with Crippen LogP contribution in [0.1, 0.15) is 44.7 Å². The van der Waals surface area contributed by atoms with Gasteiger partial charge in [0.25, 0.3) is 0 Å². The lowest BCUT2D eigenvalue weighted by Crippen LogP contribution is -2.17. The maximum atomic E-state index is 12.1. The van der Waals surface area contributed by atoms with Gasteiger partial charge in [-0.25, -0.2) is 0 Å². The molecule has 136 valence electrons. The molecule has 0 aliphatic carbocycles. The Morgan fingerprint density at radius 1 is 0.885 bits per heavy atom. The van der Waals surface area contributed by atoms with E-state index in [1.807, 2.05) is 26.0 Å². The van der Waals surface area contributed by atoms with Crippen molar-refractivity contribution in [2.45, 2.75) is 33.6 Å². The van der Waals surface area contributed by atoms with Crippen molar-refractivity contribution in [2.24, 2.45) is 5.92 Å². The Balaban J connectivity index is 1.97. The van der Waals surface area contributed by atoms with Gasteiger partial charge in [-0.1, -0.05) is 58.0 Å². The highest BCUT2D eigenvalue weighted by molar-refractivity contribution is 6.02. The van der Waals surface area contributed by atoms with Gasteiger partial charge in [0.15, 0.2) is 0 Å². The van der Waals surface area contributed by atoms with E-state index >= 15 is 0 Å². The minimum atomic E-state index is -0.217. The number of nitrogens with one attached hydrogen (secondary N) is 2. The summed E-state index contributed by atoms with van der Waals surface area (Å²) in [5, 5.41) is 5.63. The fraction of sp³-hybridized carbons (Fsp3) is 0.273. The summed E-state index contributed by atoms with van der Waals surface area (Å²) in [5.74, 6) is 0.113. The Kier molecular flexibility index (Phi) is 6.73. The first-order chi connectivity index (χ1) is 12.3. The predicted molar refractivity (Wildman–Crippen MR) is 108 cm³/mol. The first-order valence-corrected chi connectivity index (χ1v) is 8.85. The molecule has 4 heteroatoms. The number of hydrogen-bond donors (Lipinski definition) is 2. The Morgan fingerprint density at radius 2 is 1.50 bits per heavy atom. The molecule has 0 heterocycles. The molecule has 2 aromatic carbocycles. The minimum absolute atomic E-state index is 0.0572. The van der Waals surface area contributed by atoms with Crippen LogP contribution in [0.5, 0.6) is 0 Å². The van der Waals surface area contributed by atoms with E-state index in [1.165, 1.54) is 11.6 Å². The molecule has 2 aromatic rings. The summed E-state index contributed by atoms with van der Waals surface area (Å²) in [5.41, 5.74) is 3.54. The highest BCUT2D eigenvalue weighted by Crippen LogP contribution is 2.17. The van der Waals surface area contributed by atoms with E-state index in [9.17, 15) is 9.59 Å². The van der Waals surface area contributed by atoms with E-state index in [4.69, 9.17) is 0 Å². The molecular formula is C22H26N2O2. The number of benzene rings is 2. The summed E-state index contributed by atoms with van der Waals surface area (Å²) < 4.78 is 0. The number of amides is 2. The fourth-order valence-electron chi connectivity index (χ4n) is 2.31. The zero-order valence-corrected chi connectivity index (χ0v) is 15.7. The number of anilines is 2. The van der Waals surface area contributed by atoms with Crippen molar-refractivity contribution in [3.63, 3.8) is 0 Å². The smallest absolute Gasteiger partial charge is 0.248 e. The van der Waals surface area contributed by atoms with Crippen LogP contribution in [0.2, 0.25) is 0 Å². The Labute approximate surface area is 155 Å². The number of carbonyl (C=O) groups excluding carboxylic acids is 2. The van der Waals surface area contributed by atoms with Crippen molar-refractivity contribution in [3.8, 4) is 0 Å². The average Bonchev–Trinajstić information content (AvgIpc) is 2.60. The predicted octanol–water partition coefficient (Wildman–Crippen LogP) is 5.06. The van der Waals surface area contributed by atoms with E-state index in [1.54, 1.807) is 30.3 Å². The Hall–Kier alpha value is -2.88. The molecule has 0 atom stereocenters. The van der Waals surface area contributed by atoms with Gasteiger partial charge in [-0.3, -0.25) is 9.59 Å². The molecular weight excluding hydrogens is 324 g/mol. The zero-order valence-electron chi connectivity index (χ0n) is 15.7. The third-order valence-corrected chi connectivity index (χ3v) is 3.95. The molecule has 2 N–H and O–H groups in total. The van der Waals surface area contributed by atoms with Gasteiger partial charge in [0.2, 0.25) is 11.8 Å². The van der Waals surface area contributed by atoms with Crippen LogP contribution in [0, 0.1) is 5.92 Å². The summed E-state index contributed by atoms with van der Waals surface area (Å²) in [7, 11) is 0. The normalized spacial score (nSPS) is 11.2. The molecule has 0 spiro atoms. The first-order valence-electron chi connectivity index (χ1n) is 8.85. The van der Waals surface area contributed by atoms with Crippen molar-refractivity contribution in [2.75, 3.05) is 10.6 Å². The maximum absolute atomic E-state index is 12.1. The summed E-state index contributed by atoms with van der Waals surface area (Å²) in [6.45, 7) is 7.96. The maximum Gasteiger partial charge on any atom is 0.248 e. The van der Waals surface area contributed by atoms with Gasteiger partial charge < -0.3 is 10.6 Å². The SMILES string of the molecule is CC(C)C(=O)Nc1cccc(NC(=O)C=Cc2ccc(C(C)C)cc2)c1. The molecule has 0 aromatic heterocycles. The van der Waals surface area contributed by atoms with Gasteiger partial charge >= 0.3 is 0 Å². The standard InChI is InChI=1S/C22H26N2O2/c1-15(2)18-11-8-17(9-12-18)10-13-21(25)23-19-6-5-7-20(14-19)24-22(26)16(3)4/h5-16H,1-4H3,(H,23,25)(H,24,26). The first kappa shape index (κ1) is 19.4. The van der Waals surface area contributed by atoms with Crippen LogP contribution in [0.25, 0.3) is 6.08 Å². The van der Waals surface area contributed by atoms with Crippen LogP contribution in [0.3, 0.4) is 0 Å². The monoisotopic (exact) mass is 350 g/mol. The van der Waals surface area contributed by atoms with Crippen LogP contribution < -0.4 is 10.6 Å². The molecule has 2 rings (SSSR count). The van der Waals surface area contributed by atoms with Gasteiger partial charge in [-0.05, 0) is 41.3 Å². The molecule has 4 nitrogen and oxygen atoms in total. The number of hydrogen-bond acceptors (Lipinski definition) is 2. The third kappa shape index (κ3) is 5.88. The van der Waals surface area contributed by atoms with Crippen molar-refractivity contribution in [3.05, 3.63) is 65.7 Å². The summed E-state index contributed by atoms with van der Waals surface area (Å²) in [4.78, 5) is 23.9. The topological polar surface area (TPSA) is 58.2 Å². The molecule has 26 heavy (non-hydrogen) atoms. The lowest BCUT2D eigenvalue weighted by Gasteiger charge is -2.09. The van der Waals surface area contributed by atoms with Crippen molar-refractivity contribution < 1.29 is 9.59 Å². The molecule has 2 amide bonds. The van der Waals surface area contributed by atoms with E-state index in [0.29, 0.717) is 17.3 Å². The molecule has 0 aliphatic heterocycles. The lowest BCUT2D eigenvalue weighted by atomic mass is 10.0. The van der Waals surface area contributed by atoms with Gasteiger partial charge in [0.1, 0.15) is 0 Å². The second-order valence-corrected chi connectivity index (χ2v) is 6.87. The largest absolute Gasteiger partial charge is 0.326 e. The molecule has 0 aliphatic rings. The second kappa shape index (κ2) is 8.99. The number of rotatable bonds is 6. The Bertz CT molecular complexity index is 790. The average molecular weight is 350 g/mol. The summed E-state index contributed by atoms with van der Waals surface area (Å²) >= 11 is 0. The quantitative estimate of drug-likeness (QED) is 0.716. The van der Waals surface area contributed by atoms with Crippen molar-refractivity contribution in [1.82, 2.24) is 0 Å². The zero-order chi connectivity index (χ0) is 19.1. The number of carbonyl (C=O) groups is 2. The molecule has 0 saturated carbocycles.